The first-order valence-corrected chi connectivity index (χ1v) is 6.14. The van der Waals surface area contributed by atoms with Crippen molar-refractivity contribution in [1.82, 2.24) is 0 Å². The molecule has 0 aliphatic rings. The van der Waals surface area contributed by atoms with E-state index in [1.807, 2.05) is 0 Å². The smallest absolute Gasteiger partial charge is 0.162 e. The van der Waals surface area contributed by atoms with Crippen LogP contribution in [0.1, 0.15) is 49.9 Å². The van der Waals surface area contributed by atoms with Gasteiger partial charge in [0.25, 0.3) is 0 Å². The second-order valence-electron chi connectivity index (χ2n) is 4.01. The summed E-state index contributed by atoms with van der Waals surface area (Å²) in [5.41, 5.74) is 0.387. The Kier molecular flexibility index (Phi) is 5.67. The Hall–Kier alpha value is -1.38. The van der Waals surface area contributed by atoms with Gasteiger partial charge in [0.1, 0.15) is 11.6 Å². The first-order chi connectivity index (χ1) is 8.17. The van der Waals surface area contributed by atoms with Crippen LogP contribution in [0.15, 0.2) is 18.2 Å². The van der Waals surface area contributed by atoms with E-state index in [2.05, 4.69) is 6.92 Å². The summed E-state index contributed by atoms with van der Waals surface area (Å²) >= 11 is 0. The highest BCUT2D eigenvalue weighted by atomic mass is 19.1. The van der Waals surface area contributed by atoms with Crippen molar-refractivity contribution in [3.8, 4) is 5.75 Å². The lowest BCUT2D eigenvalue weighted by molar-refractivity contribution is 0.0987. The fourth-order valence-electron chi connectivity index (χ4n) is 1.55. The number of hydrogen-bond acceptors (Lipinski definition) is 2. The van der Waals surface area contributed by atoms with Gasteiger partial charge < -0.3 is 4.74 Å². The van der Waals surface area contributed by atoms with Crippen molar-refractivity contribution < 1.29 is 13.9 Å². The fourth-order valence-corrected chi connectivity index (χ4v) is 1.55. The second kappa shape index (κ2) is 7.05. The number of carbonyl (C=O) groups is 1. The minimum absolute atomic E-state index is 0.0668. The average molecular weight is 238 g/mol. The molecule has 17 heavy (non-hydrogen) atoms. The summed E-state index contributed by atoms with van der Waals surface area (Å²) < 4.78 is 18.7. The topological polar surface area (TPSA) is 26.3 Å². The highest BCUT2D eigenvalue weighted by molar-refractivity contribution is 5.96. The highest BCUT2D eigenvalue weighted by Gasteiger charge is 2.07. The Balaban J connectivity index is 2.65. The zero-order chi connectivity index (χ0) is 12.7. The first kappa shape index (κ1) is 13.7. The minimum atomic E-state index is -0.421. The number of halogens is 1. The molecule has 0 atom stereocenters. The Morgan fingerprint density at radius 2 is 2.00 bits per heavy atom. The van der Waals surface area contributed by atoms with Crippen molar-refractivity contribution in [1.29, 1.82) is 0 Å². The predicted molar refractivity (Wildman–Crippen MR) is 66.0 cm³/mol. The van der Waals surface area contributed by atoms with E-state index in [1.165, 1.54) is 12.1 Å². The Morgan fingerprint density at radius 3 is 2.65 bits per heavy atom. The van der Waals surface area contributed by atoms with Gasteiger partial charge in [0.2, 0.25) is 0 Å². The third kappa shape index (κ3) is 4.55. The quantitative estimate of drug-likeness (QED) is 0.530. The summed E-state index contributed by atoms with van der Waals surface area (Å²) in [4.78, 5) is 11.5. The summed E-state index contributed by atoms with van der Waals surface area (Å²) in [6, 6.07) is 4.18. The van der Waals surface area contributed by atoms with Gasteiger partial charge in [-0.3, -0.25) is 4.79 Å². The van der Waals surface area contributed by atoms with E-state index in [0.717, 1.165) is 19.3 Å². The molecule has 1 aromatic rings. The standard InChI is InChI=1S/C14H19FO2/c1-3-5-6-7-17-13-9-11(14(16)4-2)8-12(15)10-13/h8-10H,3-7H2,1-2H3. The molecule has 0 spiro atoms. The summed E-state index contributed by atoms with van der Waals surface area (Å²) in [5.74, 6) is -0.0457. The number of benzene rings is 1. The zero-order valence-corrected chi connectivity index (χ0v) is 10.5. The summed E-state index contributed by atoms with van der Waals surface area (Å²) in [6.07, 6.45) is 3.53. The van der Waals surface area contributed by atoms with Gasteiger partial charge in [-0.2, -0.15) is 0 Å². The van der Waals surface area contributed by atoms with Crippen molar-refractivity contribution in [2.45, 2.75) is 39.5 Å². The van der Waals surface area contributed by atoms with Crippen LogP contribution in [0.5, 0.6) is 5.75 Å². The molecule has 0 radical (unpaired) electrons. The van der Waals surface area contributed by atoms with E-state index < -0.39 is 5.82 Å². The van der Waals surface area contributed by atoms with Crippen molar-refractivity contribution in [2.75, 3.05) is 6.61 Å². The minimum Gasteiger partial charge on any atom is -0.493 e. The maximum Gasteiger partial charge on any atom is 0.162 e. The molecule has 0 amide bonds. The van der Waals surface area contributed by atoms with Gasteiger partial charge in [-0.05, 0) is 18.6 Å². The molecule has 3 heteroatoms. The Bertz CT molecular complexity index is 374. The van der Waals surface area contributed by atoms with E-state index >= 15 is 0 Å². The fraction of sp³-hybridized carbons (Fsp3) is 0.500. The van der Waals surface area contributed by atoms with Crippen LogP contribution in [0.3, 0.4) is 0 Å². The molecule has 0 aliphatic carbocycles. The molecular formula is C14H19FO2. The van der Waals surface area contributed by atoms with E-state index in [1.54, 1.807) is 13.0 Å². The molecule has 1 rings (SSSR count). The lowest BCUT2D eigenvalue weighted by atomic mass is 10.1. The number of unbranched alkanes of at least 4 members (excludes halogenated alkanes) is 2. The molecular weight excluding hydrogens is 219 g/mol. The van der Waals surface area contributed by atoms with Crippen molar-refractivity contribution in [3.05, 3.63) is 29.6 Å². The van der Waals surface area contributed by atoms with Crippen molar-refractivity contribution in [3.63, 3.8) is 0 Å². The van der Waals surface area contributed by atoms with Crippen LogP contribution >= 0.6 is 0 Å². The summed E-state index contributed by atoms with van der Waals surface area (Å²) in [5, 5.41) is 0. The molecule has 0 saturated heterocycles. The maximum absolute atomic E-state index is 13.3. The monoisotopic (exact) mass is 238 g/mol. The molecule has 0 heterocycles. The number of Topliss-reactive ketones (excluding diaryl/α,β-unsaturated/α-hetero) is 1. The molecule has 0 aliphatic heterocycles. The van der Waals surface area contributed by atoms with Crippen molar-refractivity contribution >= 4 is 5.78 Å². The van der Waals surface area contributed by atoms with E-state index in [-0.39, 0.29) is 5.78 Å². The lowest BCUT2D eigenvalue weighted by Crippen LogP contribution is -2.01. The Morgan fingerprint density at radius 1 is 1.24 bits per heavy atom. The predicted octanol–water partition coefficient (Wildman–Crippen LogP) is 3.99. The van der Waals surface area contributed by atoms with E-state index in [4.69, 9.17) is 4.74 Å². The van der Waals surface area contributed by atoms with Crippen LogP contribution in [-0.2, 0) is 0 Å². The second-order valence-corrected chi connectivity index (χ2v) is 4.01. The third-order valence-electron chi connectivity index (χ3n) is 2.53. The molecule has 0 saturated carbocycles. The Labute approximate surface area is 102 Å². The number of ether oxygens (including phenoxy) is 1. The van der Waals surface area contributed by atoms with Gasteiger partial charge in [0.05, 0.1) is 6.61 Å². The van der Waals surface area contributed by atoms with Gasteiger partial charge in [-0.15, -0.1) is 0 Å². The van der Waals surface area contributed by atoms with E-state index in [9.17, 15) is 9.18 Å². The molecule has 0 unspecified atom stereocenters. The number of ketones is 1. The molecule has 0 bridgehead atoms. The lowest BCUT2D eigenvalue weighted by Gasteiger charge is -2.07. The highest BCUT2D eigenvalue weighted by Crippen LogP contribution is 2.18. The molecule has 1 aromatic carbocycles. The SMILES string of the molecule is CCCCCOc1cc(F)cc(C(=O)CC)c1. The van der Waals surface area contributed by atoms with Gasteiger partial charge in [0, 0.05) is 18.1 Å². The largest absolute Gasteiger partial charge is 0.493 e. The molecule has 2 nitrogen and oxygen atoms in total. The summed E-state index contributed by atoms with van der Waals surface area (Å²) in [7, 11) is 0. The maximum atomic E-state index is 13.3. The molecule has 0 aromatic heterocycles. The van der Waals surface area contributed by atoms with E-state index in [0.29, 0.717) is 24.3 Å². The van der Waals surface area contributed by atoms with Gasteiger partial charge >= 0.3 is 0 Å². The molecule has 94 valence electrons. The number of rotatable bonds is 7. The van der Waals surface area contributed by atoms with Gasteiger partial charge in [-0.1, -0.05) is 26.7 Å². The number of hydrogen-bond donors (Lipinski definition) is 0. The molecule has 0 N–H and O–H groups in total. The van der Waals surface area contributed by atoms with Crippen LogP contribution in [-0.4, -0.2) is 12.4 Å². The number of carbonyl (C=O) groups excluding carboxylic acids is 1. The average Bonchev–Trinajstić information content (AvgIpc) is 2.33. The van der Waals surface area contributed by atoms with Crippen LogP contribution in [0.4, 0.5) is 4.39 Å². The summed E-state index contributed by atoms with van der Waals surface area (Å²) in [6.45, 7) is 4.44. The normalized spacial score (nSPS) is 10.3. The van der Waals surface area contributed by atoms with Crippen LogP contribution in [0, 0.1) is 5.82 Å². The van der Waals surface area contributed by atoms with Crippen molar-refractivity contribution in [2.24, 2.45) is 0 Å². The third-order valence-corrected chi connectivity index (χ3v) is 2.53. The van der Waals surface area contributed by atoms with Crippen LogP contribution < -0.4 is 4.74 Å². The van der Waals surface area contributed by atoms with Crippen LogP contribution in [0.25, 0.3) is 0 Å². The molecule has 0 fully saturated rings. The first-order valence-electron chi connectivity index (χ1n) is 6.14. The van der Waals surface area contributed by atoms with Gasteiger partial charge in [0.15, 0.2) is 5.78 Å². The zero-order valence-electron chi connectivity index (χ0n) is 10.5. The van der Waals surface area contributed by atoms with Crippen LogP contribution in [0.2, 0.25) is 0 Å². The van der Waals surface area contributed by atoms with Gasteiger partial charge in [-0.25, -0.2) is 4.39 Å².